The van der Waals surface area contributed by atoms with Gasteiger partial charge in [-0.15, -0.1) is 0 Å². The molecule has 2 saturated heterocycles. The lowest BCUT2D eigenvalue weighted by Crippen LogP contribution is -2.48. The molecule has 2 unspecified atom stereocenters. The summed E-state index contributed by atoms with van der Waals surface area (Å²) in [5.41, 5.74) is 0.537. The SMILES string of the molecule is C1OCC1NCC12COCC1C2. The highest BCUT2D eigenvalue weighted by Gasteiger charge is 2.57. The van der Waals surface area contributed by atoms with Gasteiger partial charge in [-0.05, 0) is 12.3 Å². The number of ether oxygens (including phenoxy) is 2. The largest absolute Gasteiger partial charge is 0.380 e. The molecule has 2 atom stereocenters. The minimum atomic E-state index is 0.537. The van der Waals surface area contributed by atoms with Gasteiger partial charge in [0.2, 0.25) is 0 Å². The van der Waals surface area contributed by atoms with Gasteiger partial charge < -0.3 is 14.8 Å². The molecule has 2 aliphatic heterocycles. The fourth-order valence-electron chi connectivity index (χ4n) is 2.22. The molecule has 1 aliphatic carbocycles. The van der Waals surface area contributed by atoms with Crippen molar-refractivity contribution < 1.29 is 9.47 Å². The molecule has 0 radical (unpaired) electrons. The number of hydrogen-bond acceptors (Lipinski definition) is 3. The van der Waals surface area contributed by atoms with Crippen LogP contribution >= 0.6 is 0 Å². The molecule has 3 fully saturated rings. The van der Waals surface area contributed by atoms with Crippen LogP contribution in [0.1, 0.15) is 6.42 Å². The van der Waals surface area contributed by atoms with E-state index >= 15 is 0 Å². The maximum absolute atomic E-state index is 5.42. The van der Waals surface area contributed by atoms with Gasteiger partial charge in [0.1, 0.15) is 0 Å². The lowest BCUT2D eigenvalue weighted by atomic mass is 10.1. The van der Waals surface area contributed by atoms with E-state index in [1.54, 1.807) is 0 Å². The monoisotopic (exact) mass is 169 g/mol. The Morgan fingerprint density at radius 1 is 1.25 bits per heavy atom. The lowest BCUT2D eigenvalue weighted by molar-refractivity contribution is -0.00781. The first kappa shape index (κ1) is 7.30. The van der Waals surface area contributed by atoms with E-state index in [0.717, 1.165) is 38.9 Å². The summed E-state index contributed by atoms with van der Waals surface area (Å²) < 4.78 is 10.5. The molecule has 12 heavy (non-hydrogen) atoms. The summed E-state index contributed by atoms with van der Waals surface area (Å²) in [5, 5.41) is 3.54. The number of fused-ring (bicyclic) bond motifs is 1. The molecule has 1 saturated carbocycles. The number of rotatable bonds is 3. The van der Waals surface area contributed by atoms with Gasteiger partial charge in [0, 0.05) is 12.0 Å². The quantitative estimate of drug-likeness (QED) is 0.645. The Morgan fingerprint density at radius 3 is 2.67 bits per heavy atom. The van der Waals surface area contributed by atoms with Crippen molar-refractivity contribution in [1.82, 2.24) is 5.32 Å². The molecule has 0 amide bonds. The van der Waals surface area contributed by atoms with Crippen LogP contribution in [0, 0.1) is 11.3 Å². The first-order chi connectivity index (χ1) is 5.89. The maximum Gasteiger partial charge on any atom is 0.0643 e. The molecular formula is C9H15NO2. The maximum atomic E-state index is 5.42. The fraction of sp³-hybridized carbons (Fsp3) is 1.00. The second kappa shape index (κ2) is 2.44. The van der Waals surface area contributed by atoms with Gasteiger partial charge in [0.15, 0.2) is 0 Å². The van der Waals surface area contributed by atoms with Gasteiger partial charge in [-0.3, -0.25) is 0 Å². The van der Waals surface area contributed by atoms with Crippen LogP contribution in [-0.4, -0.2) is 39.0 Å². The molecule has 0 bridgehead atoms. The topological polar surface area (TPSA) is 30.5 Å². The molecule has 0 aromatic carbocycles. The molecule has 2 heterocycles. The van der Waals surface area contributed by atoms with Crippen LogP contribution in [0.3, 0.4) is 0 Å². The second-order valence-electron chi connectivity index (χ2n) is 4.39. The lowest BCUT2D eigenvalue weighted by Gasteiger charge is -2.28. The molecular weight excluding hydrogens is 154 g/mol. The van der Waals surface area contributed by atoms with Crippen molar-refractivity contribution in [3.63, 3.8) is 0 Å². The standard InChI is InChI=1S/C9H15NO2/c1-7-2-12-6-9(1,7)5-10-8-3-11-4-8/h7-8,10H,1-6H2. The average molecular weight is 169 g/mol. The third-order valence-electron chi connectivity index (χ3n) is 3.45. The van der Waals surface area contributed by atoms with Crippen molar-refractivity contribution in [1.29, 1.82) is 0 Å². The predicted octanol–water partition coefficient (Wildman–Crippen LogP) is 0.0113. The molecule has 0 aromatic heterocycles. The summed E-state index contributed by atoms with van der Waals surface area (Å²) in [7, 11) is 0. The summed E-state index contributed by atoms with van der Waals surface area (Å²) in [6.45, 7) is 4.94. The van der Waals surface area contributed by atoms with Crippen molar-refractivity contribution in [2.45, 2.75) is 12.5 Å². The highest BCUT2D eigenvalue weighted by Crippen LogP contribution is 2.56. The van der Waals surface area contributed by atoms with Crippen LogP contribution in [0.15, 0.2) is 0 Å². The Hall–Kier alpha value is -0.120. The average Bonchev–Trinajstić information content (AvgIpc) is 2.51. The van der Waals surface area contributed by atoms with Crippen LogP contribution in [0.4, 0.5) is 0 Å². The molecule has 3 nitrogen and oxygen atoms in total. The summed E-state index contributed by atoms with van der Waals surface area (Å²) >= 11 is 0. The Labute approximate surface area is 72.4 Å². The van der Waals surface area contributed by atoms with Crippen molar-refractivity contribution >= 4 is 0 Å². The van der Waals surface area contributed by atoms with Crippen molar-refractivity contribution in [3.05, 3.63) is 0 Å². The zero-order valence-electron chi connectivity index (χ0n) is 7.21. The van der Waals surface area contributed by atoms with E-state index in [4.69, 9.17) is 9.47 Å². The van der Waals surface area contributed by atoms with Crippen molar-refractivity contribution in [2.24, 2.45) is 11.3 Å². The minimum absolute atomic E-state index is 0.537. The highest BCUT2D eigenvalue weighted by atomic mass is 16.5. The first-order valence-electron chi connectivity index (χ1n) is 4.78. The van der Waals surface area contributed by atoms with Gasteiger partial charge in [0.25, 0.3) is 0 Å². The van der Waals surface area contributed by atoms with Crippen LogP contribution in [-0.2, 0) is 9.47 Å². The third-order valence-corrected chi connectivity index (χ3v) is 3.45. The van der Waals surface area contributed by atoms with Gasteiger partial charge in [-0.1, -0.05) is 0 Å². The van der Waals surface area contributed by atoms with Gasteiger partial charge in [-0.25, -0.2) is 0 Å². The van der Waals surface area contributed by atoms with Crippen molar-refractivity contribution in [2.75, 3.05) is 33.0 Å². The molecule has 0 aromatic rings. The smallest absolute Gasteiger partial charge is 0.0643 e. The Kier molecular flexibility index (Phi) is 1.48. The van der Waals surface area contributed by atoms with Gasteiger partial charge >= 0.3 is 0 Å². The zero-order valence-corrected chi connectivity index (χ0v) is 7.21. The van der Waals surface area contributed by atoms with E-state index in [2.05, 4.69) is 5.32 Å². The molecule has 3 rings (SSSR count). The fourth-order valence-corrected chi connectivity index (χ4v) is 2.22. The van der Waals surface area contributed by atoms with Crippen molar-refractivity contribution in [3.8, 4) is 0 Å². The predicted molar refractivity (Wildman–Crippen MR) is 44.0 cm³/mol. The van der Waals surface area contributed by atoms with E-state index in [1.807, 2.05) is 0 Å². The molecule has 3 aliphatic rings. The third kappa shape index (κ3) is 1.00. The Bertz CT molecular complexity index is 193. The van der Waals surface area contributed by atoms with E-state index in [-0.39, 0.29) is 0 Å². The van der Waals surface area contributed by atoms with Crippen LogP contribution in [0.25, 0.3) is 0 Å². The van der Waals surface area contributed by atoms with E-state index < -0.39 is 0 Å². The van der Waals surface area contributed by atoms with Crippen LogP contribution in [0.5, 0.6) is 0 Å². The van der Waals surface area contributed by atoms with Crippen LogP contribution < -0.4 is 5.32 Å². The van der Waals surface area contributed by atoms with E-state index in [9.17, 15) is 0 Å². The second-order valence-corrected chi connectivity index (χ2v) is 4.39. The summed E-state index contributed by atoms with van der Waals surface area (Å²) in [5.74, 6) is 0.867. The zero-order chi connectivity index (χ0) is 8.02. The van der Waals surface area contributed by atoms with E-state index in [1.165, 1.54) is 6.42 Å². The van der Waals surface area contributed by atoms with E-state index in [0.29, 0.717) is 11.5 Å². The van der Waals surface area contributed by atoms with Crippen LogP contribution in [0.2, 0.25) is 0 Å². The molecule has 3 heteroatoms. The minimum Gasteiger partial charge on any atom is -0.380 e. The molecule has 68 valence electrons. The first-order valence-corrected chi connectivity index (χ1v) is 4.78. The number of hydrogen-bond donors (Lipinski definition) is 1. The summed E-state index contributed by atoms with van der Waals surface area (Å²) in [4.78, 5) is 0. The van der Waals surface area contributed by atoms with Gasteiger partial charge in [-0.2, -0.15) is 0 Å². The molecule has 1 N–H and O–H groups in total. The number of nitrogens with one attached hydrogen (secondary N) is 1. The Balaban J connectivity index is 1.49. The highest BCUT2D eigenvalue weighted by molar-refractivity contribution is 5.07. The summed E-state index contributed by atoms with van der Waals surface area (Å²) in [6.07, 6.45) is 1.38. The summed E-state index contributed by atoms with van der Waals surface area (Å²) in [6, 6.07) is 0.626. The normalized spacial score (nSPS) is 45.5. The van der Waals surface area contributed by atoms with Gasteiger partial charge in [0.05, 0.1) is 32.5 Å². The molecule has 0 spiro atoms. The Morgan fingerprint density at radius 2 is 2.17 bits per heavy atom.